The van der Waals surface area contributed by atoms with Crippen LogP contribution >= 0.6 is 35.0 Å². The topological polar surface area (TPSA) is 50.8 Å². The highest BCUT2D eigenvalue weighted by molar-refractivity contribution is 7.99. The number of hydrogen-bond acceptors (Lipinski definition) is 4. The summed E-state index contributed by atoms with van der Waals surface area (Å²) in [4.78, 5) is 14.6. The third-order valence-corrected chi connectivity index (χ3v) is 5.81. The zero-order chi connectivity index (χ0) is 18.7. The van der Waals surface area contributed by atoms with Crippen LogP contribution in [-0.2, 0) is 0 Å². The Morgan fingerprint density at radius 3 is 2.73 bits per heavy atom. The molecule has 5 nitrogen and oxygen atoms in total. The third kappa shape index (κ3) is 3.82. The molecule has 0 radical (unpaired) electrons. The molecule has 3 rings (SSSR count). The van der Waals surface area contributed by atoms with Crippen molar-refractivity contribution in [1.82, 2.24) is 4.90 Å². The lowest BCUT2D eigenvalue weighted by atomic mass is 10.1. The van der Waals surface area contributed by atoms with Gasteiger partial charge in [0.25, 0.3) is 0 Å². The van der Waals surface area contributed by atoms with Crippen molar-refractivity contribution in [3.63, 3.8) is 0 Å². The second-order valence-electron chi connectivity index (χ2n) is 5.55. The van der Waals surface area contributed by atoms with Gasteiger partial charge >= 0.3 is 6.03 Å². The minimum atomic E-state index is -0.228. The van der Waals surface area contributed by atoms with Crippen molar-refractivity contribution >= 4 is 46.7 Å². The number of thioether (sulfide) groups is 1. The first kappa shape index (κ1) is 19.0. The number of amides is 2. The number of ether oxygens (including phenoxy) is 2. The van der Waals surface area contributed by atoms with Crippen LogP contribution in [0.3, 0.4) is 0 Å². The van der Waals surface area contributed by atoms with Gasteiger partial charge in [-0.05, 0) is 24.3 Å². The minimum absolute atomic E-state index is 0.175. The first-order valence-corrected chi connectivity index (χ1v) is 9.70. The highest BCUT2D eigenvalue weighted by Gasteiger charge is 2.33. The Kier molecular flexibility index (Phi) is 6.06. The summed E-state index contributed by atoms with van der Waals surface area (Å²) in [6.45, 7) is 0.618. The molecular formula is C18H18Cl2N2O3S. The first-order valence-electron chi connectivity index (χ1n) is 7.90. The molecule has 1 saturated heterocycles. The van der Waals surface area contributed by atoms with Gasteiger partial charge in [-0.2, -0.15) is 0 Å². The Balaban J connectivity index is 1.85. The molecule has 26 heavy (non-hydrogen) atoms. The van der Waals surface area contributed by atoms with Gasteiger partial charge < -0.3 is 19.7 Å². The summed E-state index contributed by atoms with van der Waals surface area (Å²) >= 11 is 13.7. The molecule has 2 aromatic carbocycles. The summed E-state index contributed by atoms with van der Waals surface area (Å²) in [6, 6.07) is 10.4. The average molecular weight is 413 g/mol. The molecule has 1 fully saturated rings. The van der Waals surface area contributed by atoms with E-state index in [2.05, 4.69) is 5.32 Å². The highest BCUT2D eigenvalue weighted by atomic mass is 35.5. The largest absolute Gasteiger partial charge is 0.493 e. The van der Waals surface area contributed by atoms with Gasteiger partial charge in [0.05, 0.1) is 24.9 Å². The van der Waals surface area contributed by atoms with Crippen LogP contribution in [0.4, 0.5) is 10.5 Å². The average Bonchev–Trinajstić information content (AvgIpc) is 3.12. The predicted molar refractivity (Wildman–Crippen MR) is 107 cm³/mol. The maximum absolute atomic E-state index is 12.8. The fourth-order valence-corrected chi connectivity index (χ4v) is 4.55. The van der Waals surface area contributed by atoms with Gasteiger partial charge in [0.1, 0.15) is 5.37 Å². The lowest BCUT2D eigenvalue weighted by Crippen LogP contribution is -2.34. The number of halogens is 2. The van der Waals surface area contributed by atoms with E-state index in [0.29, 0.717) is 33.8 Å². The molecule has 8 heteroatoms. The number of carbonyl (C=O) groups excluding carboxylic acids is 1. The molecule has 2 amide bonds. The molecule has 0 saturated carbocycles. The van der Waals surface area contributed by atoms with Gasteiger partial charge in [-0.15, -0.1) is 11.8 Å². The molecule has 0 aliphatic carbocycles. The van der Waals surface area contributed by atoms with Crippen LogP contribution in [0.15, 0.2) is 36.4 Å². The number of methoxy groups -OCH3 is 2. The summed E-state index contributed by atoms with van der Waals surface area (Å²) in [5, 5.41) is 3.60. The fraction of sp³-hybridized carbons (Fsp3) is 0.278. The number of hydrogen-bond donors (Lipinski definition) is 1. The summed E-state index contributed by atoms with van der Waals surface area (Å²) < 4.78 is 10.9. The molecule has 0 spiro atoms. The van der Waals surface area contributed by atoms with Crippen molar-refractivity contribution in [2.75, 3.05) is 31.8 Å². The van der Waals surface area contributed by atoms with Crippen molar-refractivity contribution in [1.29, 1.82) is 0 Å². The minimum Gasteiger partial charge on any atom is -0.493 e. The lowest BCUT2D eigenvalue weighted by molar-refractivity contribution is 0.213. The number of carbonyl (C=O) groups is 1. The van der Waals surface area contributed by atoms with E-state index >= 15 is 0 Å². The summed E-state index contributed by atoms with van der Waals surface area (Å²) in [6.07, 6.45) is 0. The van der Waals surface area contributed by atoms with E-state index in [4.69, 9.17) is 32.7 Å². The van der Waals surface area contributed by atoms with Crippen molar-refractivity contribution in [3.05, 3.63) is 52.0 Å². The maximum Gasteiger partial charge on any atom is 0.323 e. The molecule has 138 valence electrons. The van der Waals surface area contributed by atoms with Gasteiger partial charge in [-0.1, -0.05) is 35.3 Å². The second kappa shape index (κ2) is 8.29. The van der Waals surface area contributed by atoms with Crippen molar-refractivity contribution in [2.24, 2.45) is 0 Å². The van der Waals surface area contributed by atoms with Gasteiger partial charge in [0, 0.05) is 22.9 Å². The van der Waals surface area contributed by atoms with E-state index in [-0.39, 0.29) is 11.4 Å². The zero-order valence-corrected chi connectivity index (χ0v) is 16.6. The molecule has 1 heterocycles. The van der Waals surface area contributed by atoms with Crippen LogP contribution < -0.4 is 14.8 Å². The van der Waals surface area contributed by atoms with Gasteiger partial charge in [0.2, 0.25) is 0 Å². The van der Waals surface area contributed by atoms with Crippen LogP contribution in [0, 0.1) is 0 Å². The molecular weight excluding hydrogens is 395 g/mol. The third-order valence-electron chi connectivity index (χ3n) is 4.02. The molecule has 0 unspecified atom stereocenters. The van der Waals surface area contributed by atoms with Gasteiger partial charge in [0.15, 0.2) is 11.5 Å². The Hall–Kier alpha value is -1.76. The lowest BCUT2D eigenvalue weighted by Gasteiger charge is -2.26. The quantitative estimate of drug-likeness (QED) is 0.740. The summed E-state index contributed by atoms with van der Waals surface area (Å²) in [7, 11) is 3.19. The number of nitrogens with zero attached hydrogens (tertiary/aromatic N) is 1. The molecule has 1 atom stereocenters. The predicted octanol–water partition coefficient (Wildman–Crippen LogP) is 5.29. The van der Waals surface area contributed by atoms with Gasteiger partial charge in [-0.3, -0.25) is 0 Å². The second-order valence-corrected chi connectivity index (χ2v) is 7.59. The molecule has 0 aromatic heterocycles. The number of rotatable bonds is 4. The Morgan fingerprint density at radius 1 is 1.23 bits per heavy atom. The van der Waals surface area contributed by atoms with Crippen molar-refractivity contribution in [3.8, 4) is 11.5 Å². The molecule has 1 N–H and O–H groups in total. The number of nitrogens with one attached hydrogen (secondary N) is 1. The normalized spacial score (nSPS) is 16.5. The van der Waals surface area contributed by atoms with Crippen molar-refractivity contribution in [2.45, 2.75) is 5.37 Å². The Labute approximate surface area is 166 Å². The maximum atomic E-state index is 12.8. The van der Waals surface area contributed by atoms with Crippen LogP contribution in [0.1, 0.15) is 10.9 Å². The van der Waals surface area contributed by atoms with E-state index in [1.165, 1.54) is 0 Å². The Morgan fingerprint density at radius 2 is 2.04 bits per heavy atom. The van der Waals surface area contributed by atoms with Crippen LogP contribution in [0.2, 0.25) is 10.0 Å². The SMILES string of the molecule is COc1cccc([C@@H]2SCCN2C(=O)Nc2ccc(Cl)cc2Cl)c1OC. The summed E-state index contributed by atoms with van der Waals surface area (Å²) in [5.74, 6) is 2.10. The number of urea groups is 1. The van der Waals surface area contributed by atoms with Crippen LogP contribution in [-0.4, -0.2) is 37.4 Å². The molecule has 1 aliphatic rings. The van der Waals surface area contributed by atoms with E-state index in [9.17, 15) is 4.79 Å². The number of benzene rings is 2. The molecule has 2 aromatic rings. The van der Waals surface area contributed by atoms with E-state index < -0.39 is 0 Å². The molecule has 0 bridgehead atoms. The van der Waals surface area contributed by atoms with E-state index in [1.807, 2.05) is 18.2 Å². The number of anilines is 1. The smallest absolute Gasteiger partial charge is 0.323 e. The summed E-state index contributed by atoms with van der Waals surface area (Å²) in [5.41, 5.74) is 1.42. The van der Waals surface area contributed by atoms with E-state index in [0.717, 1.165) is 11.3 Å². The highest BCUT2D eigenvalue weighted by Crippen LogP contribution is 2.45. The van der Waals surface area contributed by atoms with Crippen LogP contribution in [0.5, 0.6) is 11.5 Å². The van der Waals surface area contributed by atoms with Crippen molar-refractivity contribution < 1.29 is 14.3 Å². The van der Waals surface area contributed by atoms with Crippen LogP contribution in [0.25, 0.3) is 0 Å². The monoisotopic (exact) mass is 412 g/mol. The Bertz CT molecular complexity index is 819. The fourth-order valence-electron chi connectivity index (χ4n) is 2.82. The van der Waals surface area contributed by atoms with Gasteiger partial charge in [-0.25, -0.2) is 4.79 Å². The standard InChI is InChI=1S/C18H18Cl2N2O3S/c1-24-15-5-3-4-12(16(15)25-2)17-22(8-9-26-17)18(23)21-14-7-6-11(19)10-13(14)20/h3-7,10,17H,8-9H2,1-2H3,(H,21,23)/t17-/m0/s1. The number of para-hydroxylation sites is 1. The molecule has 1 aliphatic heterocycles. The zero-order valence-electron chi connectivity index (χ0n) is 14.3. The first-order chi connectivity index (χ1) is 12.5. The van der Waals surface area contributed by atoms with E-state index in [1.54, 1.807) is 49.1 Å².